The lowest BCUT2D eigenvalue weighted by Crippen LogP contribution is -2.07. The van der Waals surface area contributed by atoms with Crippen LogP contribution in [0.4, 0.5) is 5.69 Å². The molecule has 3 heteroatoms. The van der Waals surface area contributed by atoms with E-state index in [1.807, 2.05) is 24.3 Å². The van der Waals surface area contributed by atoms with Gasteiger partial charge in [-0.05, 0) is 58.1 Å². The number of fused-ring (bicyclic) bond motifs is 1. The van der Waals surface area contributed by atoms with Crippen LogP contribution >= 0.6 is 15.9 Å². The number of phenols is 1. The van der Waals surface area contributed by atoms with Gasteiger partial charge in [0, 0.05) is 10.2 Å². The molecule has 18 heavy (non-hydrogen) atoms. The van der Waals surface area contributed by atoms with Crippen LogP contribution in [0.2, 0.25) is 0 Å². The predicted octanol–water partition coefficient (Wildman–Crippen LogP) is 4.25. The smallest absolute Gasteiger partial charge is 0.119 e. The second-order valence-electron chi connectivity index (χ2n) is 4.56. The molecule has 0 saturated heterocycles. The maximum absolute atomic E-state index is 9.83. The summed E-state index contributed by atoms with van der Waals surface area (Å²) in [4.78, 5) is 0. The van der Waals surface area contributed by atoms with Crippen molar-refractivity contribution in [1.29, 1.82) is 0 Å². The summed E-state index contributed by atoms with van der Waals surface area (Å²) in [5.41, 5.74) is 3.39. The summed E-state index contributed by atoms with van der Waals surface area (Å²) in [6.07, 6.45) is 1.96. The summed E-state index contributed by atoms with van der Waals surface area (Å²) in [6.45, 7) is 0. The van der Waals surface area contributed by atoms with Crippen molar-refractivity contribution in [2.45, 2.75) is 18.9 Å². The Balaban J connectivity index is 1.90. The summed E-state index contributed by atoms with van der Waals surface area (Å²) >= 11 is 3.55. The van der Waals surface area contributed by atoms with Crippen molar-refractivity contribution >= 4 is 21.6 Å². The van der Waals surface area contributed by atoms with Crippen LogP contribution < -0.4 is 5.32 Å². The summed E-state index contributed by atoms with van der Waals surface area (Å²) in [5, 5.41) is 13.4. The van der Waals surface area contributed by atoms with E-state index in [0.717, 1.165) is 28.6 Å². The van der Waals surface area contributed by atoms with Gasteiger partial charge >= 0.3 is 0 Å². The standard InChI is InChI=1S/C15H14BrNO/c16-12-5-1-2-6-14(12)17-13-9-8-11-10(13)4-3-7-15(11)18/h1-7,13,17-18H,8-9H2. The third kappa shape index (κ3) is 1.99. The Morgan fingerprint density at radius 2 is 1.94 bits per heavy atom. The molecule has 92 valence electrons. The Morgan fingerprint density at radius 1 is 1.11 bits per heavy atom. The molecule has 1 aliphatic rings. The average molecular weight is 304 g/mol. The Hall–Kier alpha value is -1.48. The molecule has 0 heterocycles. The first-order chi connectivity index (χ1) is 8.75. The molecule has 2 N–H and O–H groups in total. The van der Waals surface area contributed by atoms with Crippen LogP contribution in [-0.4, -0.2) is 5.11 Å². The zero-order valence-corrected chi connectivity index (χ0v) is 11.4. The lowest BCUT2D eigenvalue weighted by molar-refractivity contribution is 0.469. The zero-order valence-electron chi connectivity index (χ0n) is 9.86. The number of aromatic hydroxyl groups is 1. The number of nitrogens with one attached hydrogen (secondary N) is 1. The maximum Gasteiger partial charge on any atom is 0.119 e. The van der Waals surface area contributed by atoms with E-state index in [1.54, 1.807) is 6.07 Å². The van der Waals surface area contributed by atoms with Crippen molar-refractivity contribution in [2.75, 3.05) is 5.32 Å². The first-order valence-corrected chi connectivity index (χ1v) is 6.87. The minimum atomic E-state index is 0.283. The van der Waals surface area contributed by atoms with E-state index in [0.29, 0.717) is 5.75 Å². The van der Waals surface area contributed by atoms with E-state index in [9.17, 15) is 5.11 Å². The van der Waals surface area contributed by atoms with E-state index in [2.05, 4.69) is 33.4 Å². The molecule has 0 amide bonds. The Morgan fingerprint density at radius 3 is 2.78 bits per heavy atom. The molecule has 0 fully saturated rings. The molecule has 0 spiro atoms. The van der Waals surface area contributed by atoms with Crippen LogP contribution in [0.1, 0.15) is 23.6 Å². The van der Waals surface area contributed by atoms with Crippen molar-refractivity contribution in [1.82, 2.24) is 0 Å². The number of para-hydroxylation sites is 1. The number of phenolic OH excluding ortho intramolecular Hbond substituents is 1. The SMILES string of the molecule is Oc1cccc2c1CCC2Nc1ccccc1Br. The number of hydrogen-bond acceptors (Lipinski definition) is 2. The third-order valence-electron chi connectivity index (χ3n) is 3.45. The lowest BCUT2D eigenvalue weighted by atomic mass is 10.1. The minimum absolute atomic E-state index is 0.283. The van der Waals surface area contributed by atoms with Gasteiger partial charge in [-0.1, -0.05) is 24.3 Å². The monoisotopic (exact) mass is 303 g/mol. The number of anilines is 1. The molecule has 2 aromatic rings. The van der Waals surface area contributed by atoms with Crippen LogP contribution in [0.15, 0.2) is 46.9 Å². The summed E-state index contributed by atoms with van der Waals surface area (Å²) in [7, 11) is 0. The highest BCUT2D eigenvalue weighted by atomic mass is 79.9. The number of halogens is 1. The normalized spacial score (nSPS) is 17.5. The highest BCUT2D eigenvalue weighted by molar-refractivity contribution is 9.10. The molecule has 0 aliphatic heterocycles. The van der Waals surface area contributed by atoms with Gasteiger partial charge in [-0.3, -0.25) is 0 Å². The predicted molar refractivity (Wildman–Crippen MR) is 76.9 cm³/mol. The molecule has 0 saturated carbocycles. The van der Waals surface area contributed by atoms with Crippen molar-refractivity contribution in [3.8, 4) is 5.75 Å². The Bertz CT molecular complexity index is 582. The highest BCUT2D eigenvalue weighted by Crippen LogP contribution is 2.39. The molecule has 2 nitrogen and oxygen atoms in total. The summed E-state index contributed by atoms with van der Waals surface area (Å²) in [5.74, 6) is 0.420. The average Bonchev–Trinajstić information content (AvgIpc) is 2.77. The van der Waals surface area contributed by atoms with Gasteiger partial charge in [0.15, 0.2) is 0 Å². The maximum atomic E-state index is 9.83. The molecule has 0 bridgehead atoms. The largest absolute Gasteiger partial charge is 0.508 e. The molecule has 1 unspecified atom stereocenters. The van der Waals surface area contributed by atoms with Crippen molar-refractivity contribution in [3.63, 3.8) is 0 Å². The molecule has 2 aromatic carbocycles. The first kappa shape index (κ1) is 11.6. The van der Waals surface area contributed by atoms with Gasteiger partial charge in [0.1, 0.15) is 5.75 Å². The topological polar surface area (TPSA) is 32.3 Å². The van der Waals surface area contributed by atoms with Gasteiger partial charge in [-0.2, -0.15) is 0 Å². The lowest BCUT2D eigenvalue weighted by Gasteiger charge is -2.16. The molecular weight excluding hydrogens is 290 g/mol. The molecule has 0 radical (unpaired) electrons. The van der Waals surface area contributed by atoms with E-state index >= 15 is 0 Å². The van der Waals surface area contributed by atoms with Gasteiger partial charge in [0.2, 0.25) is 0 Å². The highest BCUT2D eigenvalue weighted by Gasteiger charge is 2.24. The molecule has 0 aromatic heterocycles. The fourth-order valence-electron chi connectivity index (χ4n) is 2.55. The van der Waals surface area contributed by atoms with Crippen molar-refractivity contribution in [2.24, 2.45) is 0 Å². The van der Waals surface area contributed by atoms with E-state index in [-0.39, 0.29) is 6.04 Å². The van der Waals surface area contributed by atoms with Gasteiger partial charge in [0.05, 0.1) is 6.04 Å². The van der Waals surface area contributed by atoms with Crippen LogP contribution in [0.3, 0.4) is 0 Å². The van der Waals surface area contributed by atoms with Crippen molar-refractivity contribution in [3.05, 3.63) is 58.1 Å². The fraction of sp³-hybridized carbons (Fsp3) is 0.200. The second kappa shape index (κ2) is 4.65. The molecular formula is C15H14BrNO. The number of rotatable bonds is 2. The molecule has 3 rings (SSSR count). The fourth-order valence-corrected chi connectivity index (χ4v) is 2.95. The van der Waals surface area contributed by atoms with Crippen molar-refractivity contribution < 1.29 is 5.11 Å². The van der Waals surface area contributed by atoms with Crippen LogP contribution in [0.25, 0.3) is 0 Å². The Kier molecular flexibility index (Phi) is 3.00. The number of benzene rings is 2. The van der Waals surface area contributed by atoms with E-state index < -0.39 is 0 Å². The zero-order chi connectivity index (χ0) is 12.5. The summed E-state index contributed by atoms with van der Waals surface area (Å²) < 4.78 is 1.07. The van der Waals surface area contributed by atoms with Crippen LogP contribution in [0, 0.1) is 0 Å². The van der Waals surface area contributed by atoms with Gasteiger partial charge in [0.25, 0.3) is 0 Å². The first-order valence-electron chi connectivity index (χ1n) is 6.07. The van der Waals surface area contributed by atoms with Gasteiger partial charge in [-0.15, -0.1) is 0 Å². The van der Waals surface area contributed by atoms with E-state index in [1.165, 1.54) is 5.56 Å². The van der Waals surface area contributed by atoms with Crippen LogP contribution in [0.5, 0.6) is 5.75 Å². The quantitative estimate of drug-likeness (QED) is 0.869. The molecule has 1 aliphatic carbocycles. The van der Waals surface area contributed by atoms with Gasteiger partial charge in [-0.25, -0.2) is 0 Å². The minimum Gasteiger partial charge on any atom is -0.508 e. The second-order valence-corrected chi connectivity index (χ2v) is 5.41. The summed E-state index contributed by atoms with van der Waals surface area (Å²) in [6, 6.07) is 14.2. The molecule has 1 atom stereocenters. The van der Waals surface area contributed by atoms with E-state index in [4.69, 9.17) is 0 Å². The van der Waals surface area contributed by atoms with Gasteiger partial charge < -0.3 is 10.4 Å². The Labute approximate surface area is 115 Å². The number of hydrogen-bond donors (Lipinski definition) is 2. The third-order valence-corrected chi connectivity index (χ3v) is 4.14. The van der Waals surface area contributed by atoms with Crippen LogP contribution in [-0.2, 0) is 6.42 Å².